The first-order valence-corrected chi connectivity index (χ1v) is 12.8. The van der Waals surface area contributed by atoms with Crippen LogP contribution in [0.5, 0.6) is 0 Å². The second-order valence-electron chi connectivity index (χ2n) is 8.35. The van der Waals surface area contributed by atoms with Crippen molar-refractivity contribution in [2.75, 3.05) is 16.4 Å². The monoisotopic (exact) mass is 572 g/mol. The number of thioether (sulfide) groups is 1. The van der Waals surface area contributed by atoms with Gasteiger partial charge in [0.25, 0.3) is 5.91 Å². The van der Waals surface area contributed by atoms with E-state index >= 15 is 0 Å². The summed E-state index contributed by atoms with van der Waals surface area (Å²) in [4.78, 5) is 25.9. The summed E-state index contributed by atoms with van der Waals surface area (Å²) in [5.74, 6) is -1.81. The summed E-state index contributed by atoms with van der Waals surface area (Å²) in [5, 5.41) is 19.1. The van der Waals surface area contributed by atoms with Gasteiger partial charge >= 0.3 is 6.18 Å². The number of dihydropyridines is 1. The zero-order valence-corrected chi connectivity index (χ0v) is 21.8. The van der Waals surface area contributed by atoms with Gasteiger partial charge in [0, 0.05) is 22.1 Å². The Labute approximate surface area is 230 Å². The molecule has 0 fully saturated rings. The number of halogens is 4. The van der Waals surface area contributed by atoms with Gasteiger partial charge in [-0.1, -0.05) is 35.5 Å². The van der Waals surface area contributed by atoms with Crippen molar-refractivity contribution in [1.82, 2.24) is 5.32 Å². The minimum absolute atomic E-state index is 0.0614. The lowest BCUT2D eigenvalue weighted by atomic mass is 9.85. The van der Waals surface area contributed by atoms with Crippen molar-refractivity contribution in [2.24, 2.45) is 0 Å². The third kappa shape index (κ3) is 6.66. The Bertz CT molecular complexity index is 1510. The van der Waals surface area contributed by atoms with Crippen LogP contribution in [0.25, 0.3) is 0 Å². The SMILES string of the molecule is CC1=C(C(=O)Nc2cccc(C(F)(F)F)c2)C(c2ccco2)C(C#N)=C(SCC(=O)Nc2cccc(Cl)c2)N1. The molecule has 1 aliphatic heterocycles. The number of nitrogens with one attached hydrogen (secondary N) is 3. The standard InChI is InChI=1S/C27H20ClF3N4O3S/c1-15-23(25(37)35-18-7-2-5-16(11-18)27(29,30)31)24(21-9-4-10-38-21)20(13-32)26(33-15)39-14-22(36)34-19-8-3-6-17(28)12-19/h2-12,24,33H,14H2,1H3,(H,34,36)(H,35,37). The van der Waals surface area contributed by atoms with E-state index in [1.807, 2.05) is 0 Å². The molecule has 0 saturated carbocycles. The van der Waals surface area contributed by atoms with Crippen molar-refractivity contribution in [3.05, 3.63) is 105 Å². The largest absolute Gasteiger partial charge is 0.468 e. The highest BCUT2D eigenvalue weighted by atomic mass is 35.5. The average Bonchev–Trinajstić information content (AvgIpc) is 3.41. The number of furan rings is 1. The molecule has 2 amide bonds. The zero-order chi connectivity index (χ0) is 28.2. The Hall–Kier alpha value is -4.14. The van der Waals surface area contributed by atoms with Crippen LogP contribution in [0.1, 0.15) is 24.2 Å². The van der Waals surface area contributed by atoms with Gasteiger partial charge in [0.2, 0.25) is 5.91 Å². The number of benzene rings is 2. The molecule has 2 aromatic carbocycles. The Morgan fingerprint density at radius 1 is 1.10 bits per heavy atom. The normalized spacial score (nSPS) is 15.4. The van der Waals surface area contributed by atoms with Gasteiger partial charge in [-0.05, 0) is 55.5 Å². The Balaban J connectivity index is 1.59. The summed E-state index contributed by atoms with van der Waals surface area (Å²) >= 11 is 7.01. The van der Waals surface area contributed by atoms with Crippen LogP contribution in [0.2, 0.25) is 5.02 Å². The molecule has 1 aromatic heterocycles. The molecule has 0 radical (unpaired) electrons. The van der Waals surface area contributed by atoms with Gasteiger partial charge in [0.1, 0.15) is 5.76 Å². The number of carbonyl (C=O) groups excluding carboxylic acids is 2. The number of hydrogen-bond acceptors (Lipinski definition) is 6. The van der Waals surface area contributed by atoms with Crippen LogP contribution in [-0.2, 0) is 15.8 Å². The summed E-state index contributed by atoms with van der Waals surface area (Å²) < 4.78 is 45.0. The molecule has 0 saturated heterocycles. The molecule has 2 heterocycles. The number of carbonyl (C=O) groups is 2. The van der Waals surface area contributed by atoms with Crippen molar-refractivity contribution in [3.8, 4) is 6.07 Å². The topological polar surface area (TPSA) is 107 Å². The third-order valence-electron chi connectivity index (χ3n) is 5.62. The van der Waals surface area contributed by atoms with Crippen molar-refractivity contribution in [1.29, 1.82) is 5.26 Å². The summed E-state index contributed by atoms with van der Waals surface area (Å²) in [6.07, 6.45) is -3.20. The predicted octanol–water partition coefficient (Wildman–Crippen LogP) is 6.66. The second kappa shape index (κ2) is 11.7. The number of amides is 2. The van der Waals surface area contributed by atoms with Crippen LogP contribution in [0.4, 0.5) is 24.5 Å². The highest BCUT2D eigenvalue weighted by Crippen LogP contribution is 2.41. The molecule has 1 aliphatic rings. The maximum atomic E-state index is 13.4. The zero-order valence-electron chi connectivity index (χ0n) is 20.2. The van der Waals surface area contributed by atoms with E-state index in [0.717, 1.165) is 23.9 Å². The Morgan fingerprint density at radius 2 is 1.82 bits per heavy atom. The predicted molar refractivity (Wildman–Crippen MR) is 143 cm³/mol. The first kappa shape index (κ1) is 27.9. The van der Waals surface area contributed by atoms with Crippen molar-refractivity contribution >= 4 is 46.6 Å². The highest BCUT2D eigenvalue weighted by molar-refractivity contribution is 8.03. The van der Waals surface area contributed by atoms with Crippen molar-refractivity contribution < 1.29 is 27.2 Å². The number of alkyl halides is 3. The lowest BCUT2D eigenvalue weighted by Crippen LogP contribution is -2.31. The third-order valence-corrected chi connectivity index (χ3v) is 6.88. The van der Waals surface area contributed by atoms with Crippen molar-refractivity contribution in [3.63, 3.8) is 0 Å². The molecule has 1 atom stereocenters. The molecular weight excluding hydrogens is 553 g/mol. The van der Waals surface area contributed by atoms with E-state index in [-0.39, 0.29) is 34.3 Å². The van der Waals surface area contributed by atoms with Crippen LogP contribution in [0, 0.1) is 11.3 Å². The Kier molecular flexibility index (Phi) is 8.38. The number of nitrogens with zero attached hydrogens (tertiary/aromatic N) is 1. The number of nitriles is 1. The molecular formula is C27H20ClF3N4O3S. The molecule has 3 aromatic rings. The fraction of sp³-hybridized carbons (Fsp3) is 0.148. The molecule has 7 nitrogen and oxygen atoms in total. The summed E-state index contributed by atoms with van der Waals surface area (Å²) in [6, 6.07) is 16.2. The molecule has 200 valence electrons. The van der Waals surface area contributed by atoms with Crippen LogP contribution in [0.15, 0.2) is 93.2 Å². The van der Waals surface area contributed by atoms with E-state index in [1.54, 1.807) is 43.3 Å². The van der Waals surface area contributed by atoms with E-state index in [2.05, 4.69) is 22.0 Å². The first-order chi connectivity index (χ1) is 18.6. The van der Waals surface area contributed by atoms with Gasteiger partial charge < -0.3 is 20.4 Å². The number of allylic oxidation sites excluding steroid dienone is 2. The number of rotatable bonds is 7. The Morgan fingerprint density at radius 3 is 2.46 bits per heavy atom. The maximum absolute atomic E-state index is 13.4. The second-order valence-corrected chi connectivity index (χ2v) is 9.77. The van der Waals surface area contributed by atoms with Gasteiger partial charge in [-0.25, -0.2) is 0 Å². The van der Waals surface area contributed by atoms with E-state index in [0.29, 0.717) is 21.4 Å². The van der Waals surface area contributed by atoms with E-state index < -0.39 is 23.6 Å². The molecule has 0 bridgehead atoms. The molecule has 4 rings (SSSR count). The van der Waals surface area contributed by atoms with Crippen LogP contribution in [0.3, 0.4) is 0 Å². The highest BCUT2D eigenvalue weighted by Gasteiger charge is 2.37. The van der Waals surface area contributed by atoms with Gasteiger partial charge in [0.15, 0.2) is 0 Å². The van der Waals surface area contributed by atoms with Gasteiger partial charge in [0.05, 0.1) is 45.7 Å². The fourth-order valence-corrected chi connectivity index (χ4v) is 5.02. The number of anilines is 2. The molecule has 39 heavy (non-hydrogen) atoms. The molecule has 0 aliphatic carbocycles. The molecule has 3 N–H and O–H groups in total. The first-order valence-electron chi connectivity index (χ1n) is 11.4. The average molecular weight is 573 g/mol. The number of hydrogen-bond donors (Lipinski definition) is 3. The lowest BCUT2D eigenvalue weighted by molar-refractivity contribution is -0.137. The minimum atomic E-state index is -4.58. The van der Waals surface area contributed by atoms with Gasteiger partial charge in [-0.3, -0.25) is 9.59 Å². The van der Waals surface area contributed by atoms with E-state index in [1.165, 1.54) is 18.4 Å². The van der Waals surface area contributed by atoms with Gasteiger partial charge in [-0.2, -0.15) is 18.4 Å². The van der Waals surface area contributed by atoms with Crippen molar-refractivity contribution in [2.45, 2.75) is 19.0 Å². The molecule has 1 unspecified atom stereocenters. The lowest BCUT2D eigenvalue weighted by Gasteiger charge is -2.28. The summed E-state index contributed by atoms with van der Waals surface area (Å²) in [5.41, 5.74) is 0.0863. The van der Waals surface area contributed by atoms with Crippen LogP contribution < -0.4 is 16.0 Å². The van der Waals surface area contributed by atoms with E-state index in [9.17, 15) is 28.0 Å². The minimum Gasteiger partial charge on any atom is -0.468 e. The van der Waals surface area contributed by atoms with Crippen LogP contribution >= 0.6 is 23.4 Å². The summed E-state index contributed by atoms with van der Waals surface area (Å²) in [6.45, 7) is 1.59. The summed E-state index contributed by atoms with van der Waals surface area (Å²) in [7, 11) is 0. The quantitative estimate of drug-likeness (QED) is 0.292. The fourth-order valence-electron chi connectivity index (χ4n) is 3.94. The molecule has 0 spiro atoms. The molecule has 12 heteroatoms. The van der Waals surface area contributed by atoms with Crippen LogP contribution in [-0.4, -0.2) is 17.6 Å². The van der Waals surface area contributed by atoms with Gasteiger partial charge in [-0.15, -0.1) is 0 Å². The smallest absolute Gasteiger partial charge is 0.416 e. The van der Waals surface area contributed by atoms with E-state index in [4.69, 9.17) is 16.0 Å². The maximum Gasteiger partial charge on any atom is 0.416 e.